The van der Waals surface area contributed by atoms with Crippen molar-refractivity contribution < 1.29 is 4.79 Å². The molecule has 4 nitrogen and oxygen atoms in total. The molecule has 1 heterocycles. The van der Waals surface area contributed by atoms with Gasteiger partial charge in [-0.2, -0.15) is 5.26 Å². The minimum absolute atomic E-state index is 0.102. The number of amides is 1. The number of terminal acetylenes is 1. The first-order valence-electron chi connectivity index (χ1n) is 5.07. The number of nitrogens with one attached hydrogen (secondary N) is 1. The average molecular weight is 205 g/mol. The molecule has 1 aliphatic heterocycles. The van der Waals surface area contributed by atoms with Gasteiger partial charge in [-0.05, 0) is 19.8 Å². The van der Waals surface area contributed by atoms with Gasteiger partial charge in [0.25, 0.3) is 0 Å². The highest BCUT2D eigenvalue weighted by Gasteiger charge is 2.31. The minimum Gasteiger partial charge on any atom is -0.344 e. The molecule has 80 valence electrons. The second kappa shape index (κ2) is 5.38. The Hall–Kier alpha value is -1.52. The summed E-state index contributed by atoms with van der Waals surface area (Å²) in [5.41, 5.74) is 0. The van der Waals surface area contributed by atoms with E-state index < -0.39 is 0 Å². The van der Waals surface area contributed by atoms with Crippen LogP contribution in [0, 0.1) is 23.7 Å². The Morgan fingerprint density at radius 3 is 3.13 bits per heavy atom. The maximum Gasteiger partial charge on any atom is 0.237 e. The Labute approximate surface area is 90.2 Å². The van der Waals surface area contributed by atoms with Crippen LogP contribution in [-0.4, -0.2) is 36.0 Å². The van der Waals surface area contributed by atoms with Crippen molar-refractivity contribution in [2.45, 2.75) is 31.8 Å². The summed E-state index contributed by atoms with van der Waals surface area (Å²) in [6, 6.07) is 1.81. The molecule has 2 unspecified atom stereocenters. The Balaban J connectivity index is 2.53. The maximum absolute atomic E-state index is 11.6. The van der Waals surface area contributed by atoms with Crippen molar-refractivity contribution in [2.75, 3.05) is 13.1 Å². The van der Waals surface area contributed by atoms with Gasteiger partial charge in [0.1, 0.15) is 0 Å². The molecule has 1 N–H and O–H groups in total. The van der Waals surface area contributed by atoms with Crippen molar-refractivity contribution in [3.05, 3.63) is 0 Å². The molecule has 0 aliphatic carbocycles. The monoisotopic (exact) mass is 205 g/mol. The molecule has 0 aromatic rings. The third-order valence-electron chi connectivity index (χ3n) is 2.68. The number of nitrogens with zero attached hydrogens (tertiary/aromatic N) is 2. The first-order chi connectivity index (χ1) is 7.20. The number of nitriles is 1. The lowest BCUT2D eigenvalue weighted by molar-refractivity contribution is -0.125. The third kappa shape index (κ3) is 2.71. The summed E-state index contributed by atoms with van der Waals surface area (Å²) < 4.78 is 0. The largest absolute Gasteiger partial charge is 0.344 e. The molecular weight excluding hydrogens is 190 g/mol. The van der Waals surface area contributed by atoms with E-state index in [0.29, 0.717) is 0 Å². The molecule has 4 heteroatoms. The summed E-state index contributed by atoms with van der Waals surface area (Å²) in [5.74, 6) is 2.25. The molecule has 1 amide bonds. The molecule has 1 rings (SSSR count). The quantitative estimate of drug-likeness (QED) is 0.665. The molecule has 15 heavy (non-hydrogen) atoms. The van der Waals surface area contributed by atoms with Crippen LogP contribution < -0.4 is 5.32 Å². The van der Waals surface area contributed by atoms with E-state index in [1.165, 1.54) is 0 Å². The number of carbonyl (C=O) groups excluding carboxylic acids is 1. The number of likely N-dealkylation sites (tertiary alicyclic amines) is 1. The van der Waals surface area contributed by atoms with E-state index in [-0.39, 0.29) is 24.5 Å². The van der Waals surface area contributed by atoms with Crippen LogP contribution in [0.5, 0.6) is 0 Å². The first-order valence-corrected chi connectivity index (χ1v) is 5.07. The highest BCUT2D eigenvalue weighted by atomic mass is 16.2. The zero-order valence-corrected chi connectivity index (χ0v) is 8.86. The first kappa shape index (κ1) is 11.6. The molecule has 0 radical (unpaired) electrons. The van der Waals surface area contributed by atoms with Gasteiger partial charge >= 0.3 is 0 Å². The Bertz CT molecular complexity index is 313. The van der Waals surface area contributed by atoms with Crippen LogP contribution in [0.15, 0.2) is 0 Å². The predicted octanol–water partition coefficient (Wildman–Crippen LogP) is 0.112. The summed E-state index contributed by atoms with van der Waals surface area (Å²) in [7, 11) is 0. The number of rotatable bonds is 3. The van der Waals surface area contributed by atoms with Gasteiger partial charge in [0.2, 0.25) is 5.91 Å². The van der Waals surface area contributed by atoms with Gasteiger partial charge in [0, 0.05) is 6.54 Å². The average Bonchev–Trinajstić information content (AvgIpc) is 2.72. The molecule has 1 fully saturated rings. The van der Waals surface area contributed by atoms with E-state index in [0.717, 1.165) is 19.4 Å². The van der Waals surface area contributed by atoms with E-state index in [9.17, 15) is 4.79 Å². The van der Waals surface area contributed by atoms with Gasteiger partial charge < -0.3 is 5.32 Å². The molecule has 0 saturated carbocycles. The second-order valence-electron chi connectivity index (χ2n) is 3.62. The van der Waals surface area contributed by atoms with Crippen LogP contribution in [0.3, 0.4) is 0 Å². The van der Waals surface area contributed by atoms with Crippen LogP contribution in [-0.2, 0) is 4.79 Å². The summed E-state index contributed by atoms with van der Waals surface area (Å²) in [4.78, 5) is 13.5. The van der Waals surface area contributed by atoms with Crippen molar-refractivity contribution in [1.82, 2.24) is 10.2 Å². The molecule has 1 aliphatic rings. The molecular formula is C11H15N3O. The summed E-state index contributed by atoms with van der Waals surface area (Å²) in [6.07, 6.45) is 6.88. The van der Waals surface area contributed by atoms with Gasteiger partial charge in [0.05, 0.1) is 24.7 Å². The molecule has 0 spiro atoms. The lowest BCUT2D eigenvalue weighted by Crippen LogP contribution is -2.46. The van der Waals surface area contributed by atoms with E-state index >= 15 is 0 Å². The SMILES string of the molecule is C#CCNC(=O)C(C)N1CCCC1C#N. The van der Waals surface area contributed by atoms with Crippen molar-refractivity contribution in [1.29, 1.82) is 5.26 Å². The number of hydrogen-bond acceptors (Lipinski definition) is 3. The Morgan fingerprint density at radius 1 is 1.80 bits per heavy atom. The topological polar surface area (TPSA) is 56.1 Å². The van der Waals surface area contributed by atoms with E-state index in [1.807, 2.05) is 11.8 Å². The van der Waals surface area contributed by atoms with E-state index in [2.05, 4.69) is 17.3 Å². The van der Waals surface area contributed by atoms with E-state index in [4.69, 9.17) is 11.7 Å². The fourth-order valence-corrected chi connectivity index (χ4v) is 1.83. The lowest BCUT2D eigenvalue weighted by atomic mass is 10.2. The highest BCUT2D eigenvalue weighted by molar-refractivity contribution is 5.81. The summed E-state index contributed by atoms with van der Waals surface area (Å²) in [6.45, 7) is 2.86. The van der Waals surface area contributed by atoms with Gasteiger partial charge in [-0.1, -0.05) is 5.92 Å². The van der Waals surface area contributed by atoms with Gasteiger partial charge in [-0.15, -0.1) is 6.42 Å². The predicted molar refractivity (Wildman–Crippen MR) is 56.6 cm³/mol. The van der Waals surface area contributed by atoms with Crippen LogP contribution in [0.25, 0.3) is 0 Å². The van der Waals surface area contributed by atoms with Crippen LogP contribution >= 0.6 is 0 Å². The van der Waals surface area contributed by atoms with Crippen LogP contribution in [0.1, 0.15) is 19.8 Å². The molecule has 2 atom stereocenters. The fraction of sp³-hybridized carbons (Fsp3) is 0.636. The molecule has 0 bridgehead atoms. The van der Waals surface area contributed by atoms with Crippen molar-refractivity contribution in [3.63, 3.8) is 0 Å². The molecule has 0 aromatic heterocycles. The third-order valence-corrected chi connectivity index (χ3v) is 2.68. The van der Waals surface area contributed by atoms with Crippen molar-refractivity contribution in [3.8, 4) is 18.4 Å². The Kier molecular flexibility index (Phi) is 4.15. The van der Waals surface area contributed by atoms with E-state index in [1.54, 1.807) is 0 Å². The van der Waals surface area contributed by atoms with Gasteiger partial charge in [0.15, 0.2) is 0 Å². The number of hydrogen-bond donors (Lipinski definition) is 1. The van der Waals surface area contributed by atoms with Crippen molar-refractivity contribution >= 4 is 5.91 Å². The lowest BCUT2D eigenvalue weighted by Gasteiger charge is -2.25. The second-order valence-corrected chi connectivity index (χ2v) is 3.62. The number of carbonyl (C=O) groups is 1. The van der Waals surface area contributed by atoms with Crippen LogP contribution in [0.4, 0.5) is 0 Å². The van der Waals surface area contributed by atoms with Crippen molar-refractivity contribution in [2.24, 2.45) is 0 Å². The molecule has 0 aromatic carbocycles. The summed E-state index contributed by atoms with van der Waals surface area (Å²) >= 11 is 0. The van der Waals surface area contributed by atoms with Crippen LogP contribution in [0.2, 0.25) is 0 Å². The Morgan fingerprint density at radius 2 is 2.53 bits per heavy atom. The smallest absolute Gasteiger partial charge is 0.237 e. The minimum atomic E-state index is -0.273. The maximum atomic E-state index is 11.6. The molecule has 1 saturated heterocycles. The fourth-order valence-electron chi connectivity index (χ4n) is 1.83. The highest BCUT2D eigenvalue weighted by Crippen LogP contribution is 2.19. The standard InChI is InChI=1S/C11H15N3O/c1-3-6-13-11(15)9(2)14-7-4-5-10(14)8-12/h1,9-10H,4-7H2,2H3,(H,13,15). The normalized spacial score (nSPS) is 22.7. The zero-order chi connectivity index (χ0) is 11.3. The zero-order valence-electron chi connectivity index (χ0n) is 8.86. The van der Waals surface area contributed by atoms with Gasteiger partial charge in [-0.25, -0.2) is 0 Å². The van der Waals surface area contributed by atoms with Gasteiger partial charge in [-0.3, -0.25) is 9.69 Å². The summed E-state index contributed by atoms with van der Waals surface area (Å²) in [5, 5.41) is 11.5.